The van der Waals surface area contributed by atoms with E-state index in [9.17, 15) is 4.39 Å². The molecule has 0 atom stereocenters. The molecule has 1 saturated heterocycles. The maximum Gasteiger partial charge on any atom is 0.123 e. The maximum atomic E-state index is 14.5. The first-order chi connectivity index (χ1) is 14.3. The molecular formula is C28H44FNO. The van der Waals surface area contributed by atoms with Crippen molar-refractivity contribution in [3.63, 3.8) is 0 Å². The summed E-state index contributed by atoms with van der Waals surface area (Å²) in [4.78, 5) is 2.43. The maximum absolute atomic E-state index is 14.5. The van der Waals surface area contributed by atoms with E-state index in [0.29, 0.717) is 5.92 Å². The smallest absolute Gasteiger partial charge is 0.123 e. The van der Waals surface area contributed by atoms with E-state index in [1.54, 1.807) is 19.2 Å². The zero-order valence-electron chi connectivity index (χ0n) is 21.0. The van der Waals surface area contributed by atoms with Gasteiger partial charge in [0.2, 0.25) is 0 Å². The van der Waals surface area contributed by atoms with Crippen molar-refractivity contribution < 1.29 is 9.13 Å². The molecule has 31 heavy (non-hydrogen) atoms. The molecular weight excluding hydrogens is 385 g/mol. The Morgan fingerprint density at radius 1 is 1.00 bits per heavy atom. The quantitative estimate of drug-likeness (QED) is 0.396. The number of piperidine rings is 1. The molecule has 1 fully saturated rings. The number of halogens is 1. The monoisotopic (exact) mass is 429 g/mol. The zero-order valence-corrected chi connectivity index (χ0v) is 21.0. The Kier molecular flexibility index (Phi) is 8.41. The number of rotatable bonds is 8. The lowest BCUT2D eigenvalue weighted by Gasteiger charge is -2.36. The van der Waals surface area contributed by atoms with Crippen LogP contribution in [0, 0.1) is 11.7 Å². The summed E-state index contributed by atoms with van der Waals surface area (Å²) in [6.07, 6.45) is 6.33. The lowest BCUT2D eigenvalue weighted by atomic mass is 9.74. The minimum atomic E-state index is -0.110. The number of ether oxygens (including phenoxy) is 1. The SMILES string of the molecule is C=C(CCC(=C)N1CCC(CCc2c(C(C)(C)C)cc(F)cc2C(C)(C)C)CC1)OC. The van der Waals surface area contributed by atoms with E-state index in [2.05, 4.69) is 59.6 Å². The van der Waals surface area contributed by atoms with Crippen molar-refractivity contribution in [1.29, 1.82) is 0 Å². The molecule has 0 radical (unpaired) electrons. The van der Waals surface area contributed by atoms with Gasteiger partial charge in [-0.25, -0.2) is 4.39 Å². The van der Waals surface area contributed by atoms with Crippen LogP contribution in [0.2, 0.25) is 0 Å². The predicted molar refractivity (Wildman–Crippen MR) is 131 cm³/mol. The van der Waals surface area contributed by atoms with Crippen LogP contribution in [0.5, 0.6) is 0 Å². The van der Waals surface area contributed by atoms with Crippen molar-refractivity contribution in [1.82, 2.24) is 4.90 Å². The first-order valence-electron chi connectivity index (χ1n) is 11.8. The number of likely N-dealkylation sites (tertiary alicyclic amines) is 1. The van der Waals surface area contributed by atoms with Crippen molar-refractivity contribution in [3.05, 3.63) is 59.3 Å². The molecule has 2 rings (SSSR count). The Morgan fingerprint density at radius 3 is 1.97 bits per heavy atom. The molecule has 1 aromatic rings. The Balaban J connectivity index is 2.04. The molecule has 0 unspecified atom stereocenters. The Morgan fingerprint density at radius 2 is 1.52 bits per heavy atom. The molecule has 1 aromatic carbocycles. The largest absolute Gasteiger partial charge is 0.502 e. The van der Waals surface area contributed by atoms with Crippen LogP contribution in [-0.4, -0.2) is 25.1 Å². The van der Waals surface area contributed by atoms with Gasteiger partial charge in [-0.2, -0.15) is 0 Å². The number of hydrogen-bond donors (Lipinski definition) is 0. The summed E-state index contributed by atoms with van der Waals surface area (Å²) in [6.45, 7) is 23.5. The van der Waals surface area contributed by atoms with Gasteiger partial charge in [-0.1, -0.05) is 54.7 Å². The van der Waals surface area contributed by atoms with Crippen LogP contribution in [0.15, 0.2) is 36.7 Å². The standard InChI is InChI=1S/C28H44FNO/c1-20(10-11-21(2)31-9)30-16-14-22(15-17-30)12-13-24-25(27(3,4)5)18-23(29)19-26(24)28(6,7)8/h18-19,22H,1-2,10-17H2,3-9H3. The Hall–Kier alpha value is -1.77. The number of benzene rings is 1. The van der Waals surface area contributed by atoms with Gasteiger partial charge in [0.25, 0.3) is 0 Å². The van der Waals surface area contributed by atoms with E-state index >= 15 is 0 Å². The zero-order chi connectivity index (χ0) is 23.4. The highest BCUT2D eigenvalue weighted by Gasteiger charge is 2.28. The van der Waals surface area contributed by atoms with Gasteiger partial charge in [0.1, 0.15) is 5.82 Å². The fourth-order valence-electron chi connectivity index (χ4n) is 4.67. The molecule has 0 saturated carbocycles. The lowest BCUT2D eigenvalue weighted by molar-refractivity contribution is 0.211. The average molecular weight is 430 g/mol. The second-order valence-electron chi connectivity index (χ2n) is 11.3. The molecule has 1 aliphatic heterocycles. The lowest BCUT2D eigenvalue weighted by Crippen LogP contribution is -2.33. The molecule has 2 nitrogen and oxygen atoms in total. The third kappa shape index (κ3) is 7.12. The molecule has 0 bridgehead atoms. The normalized spacial score (nSPS) is 15.8. The molecule has 0 amide bonds. The van der Waals surface area contributed by atoms with E-state index in [1.165, 1.54) is 41.6 Å². The van der Waals surface area contributed by atoms with Crippen molar-refractivity contribution in [2.45, 2.75) is 90.9 Å². The van der Waals surface area contributed by atoms with Crippen molar-refractivity contribution in [2.24, 2.45) is 5.92 Å². The summed E-state index contributed by atoms with van der Waals surface area (Å²) in [6, 6.07) is 3.54. The van der Waals surface area contributed by atoms with Gasteiger partial charge < -0.3 is 9.64 Å². The van der Waals surface area contributed by atoms with Crippen LogP contribution in [-0.2, 0) is 22.0 Å². The van der Waals surface area contributed by atoms with Gasteiger partial charge in [-0.15, -0.1) is 0 Å². The minimum Gasteiger partial charge on any atom is -0.502 e. The molecule has 0 aliphatic carbocycles. The summed E-state index contributed by atoms with van der Waals surface area (Å²) in [5.41, 5.74) is 4.77. The van der Waals surface area contributed by atoms with Gasteiger partial charge in [0.05, 0.1) is 12.9 Å². The van der Waals surface area contributed by atoms with Gasteiger partial charge in [0, 0.05) is 25.2 Å². The van der Waals surface area contributed by atoms with E-state index in [-0.39, 0.29) is 16.6 Å². The van der Waals surface area contributed by atoms with Crippen molar-refractivity contribution in [2.75, 3.05) is 20.2 Å². The average Bonchev–Trinajstić information content (AvgIpc) is 2.69. The van der Waals surface area contributed by atoms with E-state index in [4.69, 9.17) is 4.74 Å². The topological polar surface area (TPSA) is 12.5 Å². The Labute approximate surface area is 190 Å². The molecule has 3 heteroatoms. The molecule has 1 aliphatic rings. The van der Waals surface area contributed by atoms with Crippen LogP contribution < -0.4 is 0 Å². The second kappa shape index (κ2) is 10.2. The minimum absolute atomic E-state index is 0.0647. The number of nitrogens with zero attached hydrogens (tertiary/aromatic N) is 1. The Bertz CT molecular complexity index is 738. The number of hydrogen-bond acceptors (Lipinski definition) is 2. The molecule has 0 aromatic heterocycles. The number of allylic oxidation sites excluding steroid dienone is 2. The van der Waals surface area contributed by atoms with E-state index < -0.39 is 0 Å². The first-order valence-corrected chi connectivity index (χ1v) is 11.8. The first kappa shape index (κ1) is 25.5. The summed E-state index contributed by atoms with van der Waals surface area (Å²) < 4.78 is 19.7. The van der Waals surface area contributed by atoms with Crippen LogP contribution in [0.1, 0.15) is 90.3 Å². The van der Waals surface area contributed by atoms with Crippen LogP contribution in [0.3, 0.4) is 0 Å². The summed E-state index contributed by atoms with van der Waals surface area (Å²) in [7, 11) is 1.67. The van der Waals surface area contributed by atoms with Crippen molar-refractivity contribution in [3.8, 4) is 0 Å². The molecule has 0 spiro atoms. The van der Waals surface area contributed by atoms with Crippen LogP contribution in [0.4, 0.5) is 4.39 Å². The summed E-state index contributed by atoms with van der Waals surface area (Å²) in [5, 5.41) is 0. The fraction of sp³-hybridized carbons (Fsp3) is 0.643. The van der Waals surface area contributed by atoms with Crippen LogP contribution >= 0.6 is 0 Å². The highest BCUT2D eigenvalue weighted by atomic mass is 19.1. The fourth-order valence-corrected chi connectivity index (χ4v) is 4.67. The van der Waals surface area contributed by atoms with E-state index in [1.807, 2.05) is 0 Å². The van der Waals surface area contributed by atoms with Crippen LogP contribution in [0.25, 0.3) is 0 Å². The molecule has 1 heterocycles. The molecule has 0 N–H and O–H groups in total. The highest BCUT2D eigenvalue weighted by Crippen LogP contribution is 2.37. The highest BCUT2D eigenvalue weighted by molar-refractivity contribution is 5.43. The van der Waals surface area contributed by atoms with Gasteiger partial charge in [-0.05, 0) is 77.7 Å². The van der Waals surface area contributed by atoms with Gasteiger partial charge >= 0.3 is 0 Å². The summed E-state index contributed by atoms with van der Waals surface area (Å²) >= 11 is 0. The van der Waals surface area contributed by atoms with Gasteiger partial charge in [0.15, 0.2) is 0 Å². The third-order valence-corrected chi connectivity index (χ3v) is 6.68. The predicted octanol–water partition coefficient (Wildman–Crippen LogP) is 7.52. The summed E-state index contributed by atoms with van der Waals surface area (Å²) in [5.74, 6) is 1.42. The van der Waals surface area contributed by atoms with Crippen molar-refractivity contribution >= 4 is 0 Å². The third-order valence-electron chi connectivity index (χ3n) is 6.68. The second-order valence-corrected chi connectivity index (χ2v) is 11.3. The van der Waals surface area contributed by atoms with Gasteiger partial charge in [-0.3, -0.25) is 0 Å². The van der Waals surface area contributed by atoms with E-state index in [0.717, 1.165) is 38.1 Å². The number of methoxy groups -OCH3 is 1. The molecule has 174 valence electrons.